The highest BCUT2D eigenvalue weighted by Gasteiger charge is 2.61. The Morgan fingerprint density at radius 1 is 1.12 bits per heavy atom. The van der Waals surface area contributed by atoms with Gasteiger partial charge in [0.25, 0.3) is 0 Å². The van der Waals surface area contributed by atoms with Crippen LogP contribution in [0.2, 0.25) is 0 Å². The molecule has 13 heteroatoms. The van der Waals surface area contributed by atoms with E-state index in [1.165, 1.54) is 6.07 Å². The summed E-state index contributed by atoms with van der Waals surface area (Å²) in [5.74, 6) is -1.43. The maximum Gasteiger partial charge on any atom is 0.422 e. The second-order valence-corrected chi connectivity index (χ2v) is 7.96. The number of nitrogens with one attached hydrogen (secondary N) is 2. The number of alkyl halides is 6. The Labute approximate surface area is 177 Å². The molecule has 2 unspecified atom stereocenters. The second kappa shape index (κ2) is 7.64. The zero-order chi connectivity index (χ0) is 23.3. The Kier molecular flexibility index (Phi) is 5.34. The summed E-state index contributed by atoms with van der Waals surface area (Å²) in [6.45, 7) is 0.777. The lowest BCUT2D eigenvalue weighted by molar-refractivity contribution is -0.267. The third-order valence-corrected chi connectivity index (χ3v) is 5.89. The van der Waals surface area contributed by atoms with Gasteiger partial charge in [0.15, 0.2) is 11.4 Å². The maximum absolute atomic E-state index is 13.7. The first-order valence-corrected chi connectivity index (χ1v) is 9.86. The lowest BCUT2D eigenvalue weighted by atomic mass is 9.82. The number of rotatable bonds is 2. The molecule has 1 saturated heterocycles. The average Bonchev–Trinajstić information content (AvgIpc) is 2.96. The smallest absolute Gasteiger partial charge is 0.376 e. The summed E-state index contributed by atoms with van der Waals surface area (Å²) < 4.78 is 79.4. The van der Waals surface area contributed by atoms with E-state index in [2.05, 4.69) is 20.5 Å². The number of halogens is 6. The summed E-state index contributed by atoms with van der Waals surface area (Å²) in [6.07, 6.45) is -8.68. The first-order chi connectivity index (χ1) is 14.9. The molecule has 0 aliphatic carbocycles. The number of aromatic nitrogens is 3. The van der Waals surface area contributed by atoms with Crippen molar-refractivity contribution >= 4 is 17.5 Å². The van der Waals surface area contributed by atoms with E-state index in [0.29, 0.717) is 38.2 Å². The van der Waals surface area contributed by atoms with Crippen molar-refractivity contribution in [3.05, 3.63) is 35.2 Å². The number of nitrogens with zero attached hydrogens (tertiary/aromatic N) is 3. The molecule has 0 saturated carbocycles. The average molecular weight is 463 g/mol. The van der Waals surface area contributed by atoms with Gasteiger partial charge >= 0.3 is 12.4 Å². The van der Waals surface area contributed by atoms with Gasteiger partial charge in [0.1, 0.15) is 5.82 Å². The van der Waals surface area contributed by atoms with E-state index in [-0.39, 0.29) is 11.5 Å². The van der Waals surface area contributed by atoms with Gasteiger partial charge in [0.2, 0.25) is 5.91 Å². The number of amides is 1. The standard InChI is InChI=1S/C19H19F6N5O2/c20-18(21,22)11-3-4-12(26-9-11)30-6-1-2-10(5-7-30)15-14-16(29-28-15)27-13(31)8-17(14,32)19(23,24)25/h3-4,9-10,32H,1-2,5-8H2,(H2,27,28,29,31). The van der Waals surface area contributed by atoms with Crippen LogP contribution in [0.5, 0.6) is 0 Å². The zero-order valence-corrected chi connectivity index (χ0v) is 16.5. The third-order valence-electron chi connectivity index (χ3n) is 5.89. The minimum absolute atomic E-state index is 0.0991. The number of fused-ring (bicyclic) bond motifs is 1. The highest BCUT2D eigenvalue weighted by Crippen LogP contribution is 2.49. The van der Waals surface area contributed by atoms with Gasteiger partial charge in [0, 0.05) is 30.9 Å². The van der Waals surface area contributed by atoms with Crippen LogP contribution in [0.1, 0.15) is 48.4 Å². The number of H-pyrrole nitrogens is 1. The summed E-state index contributed by atoms with van der Waals surface area (Å²) in [6, 6.07) is 2.20. The molecule has 4 heterocycles. The number of aromatic amines is 1. The highest BCUT2D eigenvalue weighted by molar-refractivity contribution is 5.94. The van der Waals surface area contributed by atoms with Crippen LogP contribution < -0.4 is 10.2 Å². The summed E-state index contributed by atoms with van der Waals surface area (Å²) in [7, 11) is 0. The zero-order valence-electron chi connectivity index (χ0n) is 16.5. The fourth-order valence-electron chi connectivity index (χ4n) is 4.25. The predicted octanol–water partition coefficient (Wildman–Crippen LogP) is 3.69. The molecule has 7 nitrogen and oxygen atoms in total. The molecule has 2 aliphatic heterocycles. The molecule has 3 N–H and O–H groups in total. The topological polar surface area (TPSA) is 94.1 Å². The molecule has 0 spiro atoms. The van der Waals surface area contributed by atoms with Crippen molar-refractivity contribution in [2.75, 3.05) is 23.3 Å². The quantitative estimate of drug-likeness (QED) is 0.591. The van der Waals surface area contributed by atoms with E-state index in [9.17, 15) is 36.2 Å². The number of anilines is 2. The van der Waals surface area contributed by atoms with Crippen molar-refractivity contribution in [2.45, 2.75) is 49.6 Å². The van der Waals surface area contributed by atoms with Crippen molar-refractivity contribution in [1.29, 1.82) is 0 Å². The fraction of sp³-hybridized carbons (Fsp3) is 0.526. The van der Waals surface area contributed by atoms with E-state index in [1.807, 2.05) is 0 Å². The van der Waals surface area contributed by atoms with Gasteiger partial charge in [-0.25, -0.2) is 4.98 Å². The van der Waals surface area contributed by atoms with Crippen LogP contribution >= 0.6 is 0 Å². The molecule has 1 fully saturated rings. The van der Waals surface area contributed by atoms with E-state index < -0.39 is 47.3 Å². The molecule has 2 atom stereocenters. The van der Waals surface area contributed by atoms with E-state index >= 15 is 0 Å². The van der Waals surface area contributed by atoms with Crippen LogP contribution in [0.25, 0.3) is 0 Å². The molecule has 32 heavy (non-hydrogen) atoms. The molecule has 174 valence electrons. The summed E-state index contributed by atoms with van der Waals surface area (Å²) in [4.78, 5) is 17.4. The van der Waals surface area contributed by atoms with Gasteiger partial charge in [0.05, 0.1) is 17.5 Å². The van der Waals surface area contributed by atoms with Gasteiger partial charge in [-0.05, 0) is 31.4 Å². The van der Waals surface area contributed by atoms with Crippen LogP contribution in [0.15, 0.2) is 18.3 Å². The number of aliphatic hydroxyl groups is 1. The Balaban J connectivity index is 1.57. The Morgan fingerprint density at radius 3 is 2.50 bits per heavy atom. The predicted molar refractivity (Wildman–Crippen MR) is 99.8 cm³/mol. The third kappa shape index (κ3) is 3.89. The van der Waals surface area contributed by atoms with Crippen LogP contribution in [0.3, 0.4) is 0 Å². The Bertz CT molecular complexity index is 1000. The van der Waals surface area contributed by atoms with E-state index in [1.54, 1.807) is 4.90 Å². The van der Waals surface area contributed by atoms with Crippen molar-refractivity contribution < 1.29 is 36.2 Å². The minimum atomic E-state index is -5.08. The second-order valence-electron chi connectivity index (χ2n) is 7.96. The van der Waals surface area contributed by atoms with Crippen molar-refractivity contribution in [3.63, 3.8) is 0 Å². The number of pyridine rings is 1. The fourth-order valence-corrected chi connectivity index (χ4v) is 4.25. The minimum Gasteiger partial charge on any atom is -0.376 e. The van der Waals surface area contributed by atoms with Gasteiger partial charge in [-0.3, -0.25) is 9.89 Å². The van der Waals surface area contributed by atoms with Crippen LogP contribution in [-0.4, -0.2) is 45.5 Å². The van der Waals surface area contributed by atoms with E-state index in [0.717, 1.165) is 12.3 Å². The monoisotopic (exact) mass is 463 g/mol. The molecular weight excluding hydrogens is 444 g/mol. The van der Waals surface area contributed by atoms with Crippen LogP contribution in [-0.2, 0) is 16.6 Å². The number of carbonyl (C=O) groups excluding carboxylic acids is 1. The molecule has 2 aromatic rings. The molecule has 1 amide bonds. The molecule has 0 bridgehead atoms. The molecule has 2 aromatic heterocycles. The summed E-state index contributed by atoms with van der Waals surface area (Å²) in [5.41, 5.74) is -4.60. The van der Waals surface area contributed by atoms with Crippen molar-refractivity contribution in [2.24, 2.45) is 0 Å². The first-order valence-electron chi connectivity index (χ1n) is 9.86. The van der Waals surface area contributed by atoms with Gasteiger partial charge < -0.3 is 15.3 Å². The lowest BCUT2D eigenvalue weighted by Gasteiger charge is -2.34. The summed E-state index contributed by atoms with van der Waals surface area (Å²) >= 11 is 0. The number of hydrogen-bond donors (Lipinski definition) is 3. The van der Waals surface area contributed by atoms with Gasteiger partial charge in [-0.15, -0.1) is 0 Å². The van der Waals surface area contributed by atoms with Gasteiger partial charge in [-0.1, -0.05) is 0 Å². The van der Waals surface area contributed by atoms with Crippen molar-refractivity contribution in [1.82, 2.24) is 15.2 Å². The lowest BCUT2D eigenvalue weighted by Crippen LogP contribution is -2.48. The molecule has 0 aromatic carbocycles. The Hall–Kier alpha value is -2.83. The Morgan fingerprint density at radius 2 is 1.88 bits per heavy atom. The molecule has 4 rings (SSSR count). The maximum atomic E-state index is 13.7. The largest absolute Gasteiger partial charge is 0.422 e. The highest BCUT2D eigenvalue weighted by atomic mass is 19.4. The van der Waals surface area contributed by atoms with Crippen LogP contribution in [0.4, 0.5) is 38.0 Å². The molecule has 0 radical (unpaired) electrons. The van der Waals surface area contributed by atoms with Crippen LogP contribution in [0, 0.1) is 0 Å². The first kappa shape index (κ1) is 22.4. The van der Waals surface area contributed by atoms with Gasteiger partial charge in [-0.2, -0.15) is 31.4 Å². The number of carbonyl (C=O) groups is 1. The number of hydrogen-bond acceptors (Lipinski definition) is 5. The molecular formula is C19H19F6N5O2. The normalized spacial score (nSPS) is 24.7. The van der Waals surface area contributed by atoms with E-state index in [4.69, 9.17) is 0 Å². The SMILES string of the molecule is O=C1CC(O)(C(F)(F)F)c2c(n[nH]c2C2CCCN(c3ccc(C(F)(F)F)cn3)CC2)N1. The van der Waals surface area contributed by atoms with Crippen molar-refractivity contribution in [3.8, 4) is 0 Å². The summed E-state index contributed by atoms with van der Waals surface area (Å²) in [5, 5.41) is 19.1. The molecule has 2 aliphatic rings.